The van der Waals surface area contributed by atoms with Crippen LogP contribution in [0.2, 0.25) is 0 Å². The average molecular weight is 298 g/mol. The number of anilines is 2. The number of carbonyl (C=O) groups is 1. The van der Waals surface area contributed by atoms with Crippen molar-refractivity contribution in [3.05, 3.63) is 54.1 Å². The Labute approximate surface area is 131 Å². The Hall–Kier alpha value is -2.49. The number of carbonyl (C=O) groups excluding carboxylic acids is 1. The molecule has 0 saturated heterocycles. The van der Waals surface area contributed by atoms with Crippen molar-refractivity contribution < 1.29 is 9.53 Å². The lowest BCUT2D eigenvalue weighted by molar-refractivity contribution is 0.102. The third kappa shape index (κ3) is 4.25. The van der Waals surface area contributed by atoms with Crippen LogP contribution in [0.15, 0.2) is 48.5 Å². The third-order valence-corrected chi connectivity index (χ3v) is 3.35. The summed E-state index contributed by atoms with van der Waals surface area (Å²) in [5, 5.41) is 6.22. The lowest BCUT2D eigenvalue weighted by Gasteiger charge is -2.10. The lowest BCUT2D eigenvalue weighted by Crippen LogP contribution is -2.13. The van der Waals surface area contributed by atoms with Gasteiger partial charge in [0.2, 0.25) is 0 Å². The Balaban J connectivity index is 1.99. The number of unbranched alkanes of at least 4 members (excludes halogenated alkanes) is 1. The van der Waals surface area contributed by atoms with Gasteiger partial charge in [-0.2, -0.15) is 0 Å². The van der Waals surface area contributed by atoms with E-state index in [-0.39, 0.29) is 5.91 Å². The number of methoxy groups -OCH3 is 1. The van der Waals surface area contributed by atoms with Crippen LogP contribution in [0.25, 0.3) is 0 Å². The highest BCUT2D eigenvalue weighted by molar-refractivity contribution is 6.06. The number of amides is 1. The molecule has 2 rings (SSSR count). The van der Waals surface area contributed by atoms with Crippen LogP contribution in [0.4, 0.5) is 11.4 Å². The van der Waals surface area contributed by atoms with E-state index >= 15 is 0 Å². The molecule has 0 atom stereocenters. The van der Waals surface area contributed by atoms with Crippen LogP contribution in [0.3, 0.4) is 0 Å². The van der Waals surface area contributed by atoms with E-state index in [1.165, 1.54) is 6.42 Å². The van der Waals surface area contributed by atoms with Gasteiger partial charge in [0.05, 0.1) is 12.7 Å². The van der Waals surface area contributed by atoms with Gasteiger partial charge in [0.25, 0.3) is 5.91 Å². The molecule has 2 N–H and O–H groups in total. The Bertz CT molecular complexity index is 609. The van der Waals surface area contributed by atoms with Gasteiger partial charge in [0.1, 0.15) is 5.75 Å². The van der Waals surface area contributed by atoms with E-state index in [0.29, 0.717) is 11.3 Å². The van der Waals surface area contributed by atoms with Crippen molar-refractivity contribution in [3.8, 4) is 5.75 Å². The molecule has 22 heavy (non-hydrogen) atoms. The molecule has 0 saturated carbocycles. The van der Waals surface area contributed by atoms with Crippen LogP contribution in [0.1, 0.15) is 30.1 Å². The zero-order valence-electron chi connectivity index (χ0n) is 13.1. The highest BCUT2D eigenvalue weighted by atomic mass is 16.5. The molecule has 4 heteroatoms. The third-order valence-electron chi connectivity index (χ3n) is 3.35. The Morgan fingerprint density at radius 3 is 2.41 bits per heavy atom. The van der Waals surface area contributed by atoms with E-state index in [1.54, 1.807) is 19.2 Å². The zero-order chi connectivity index (χ0) is 15.8. The minimum Gasteiger partial charge on any atom is -0.496 e. The number of ether oxygens (including phenoxy) is 1. The number of hydrogen-bond donors (Lipinski definition) is 2. The predicted molar refractivity (Wildman–Crippen MR) is 90.8 cm³/mol. The number of hydrogen-bond acceptors (Lipinski definition) is 3. The van der Waals surface area contributed by atoms with Gasteiger partial charge >= 0.3 is 0 Å². The minimum atomic E-state index is -0.177. The van der Waals surface area contributed by atoms with Gasteiger partial charge < -0.3 is 15.4 Å². The first-order valence-corrected chi connectivity index (χ1v) is 7.53. The molecular weight excluding hydrogens is 276 g/mol. The molecular formula is C18H22N2O2. The van der Waals surface area contributed by atoms with Gasteiger partial charge in [-0.3, -0.25) is 4.79 Å². The van der Waals surface area contributed by atoms with Crippen molar-refractivity contribution in [1.29, 1.82) is 0 Å². The summed E-state index contributed by atoms with van der Waals surface area (Å²) in [4.78, 5) is 12.3. The summed E-state index contributed by atoms with van der Waals surface area (Å²) in [5.41, 5.74) is 2.34. The fourth-order valence-electron chi connectivity index (χ4n) is 2.11. The van der Waals surface area contributed by atoms with Gasteiger partial charge in [-0.15, -0.1) is 0 Å². The molecule has 0 aromatic heterocycles. The summed E-state index contributed by atoms with van der Waals surface area (Å²) >= 11 is 0. The Kier molecular flexibility index (Phi) is 5.83. The topological polar surface area (TPSA) is 50.4 Å². The zero-order valence-corrected chi connectivity index (χ0v) is 13.1. The summed E-state index contributed by atoms with van der Waals surface area (Å²) in [6.07, 6.45) is 2.31. The first-order valence-electron chi connectivity index (χ1n) is 7.53. The molecule has 1 amide bonds. The molecule has 0 bridgehead atoms. The van der Waals surface area contributed by atoms with Crippen LogP contribution < -0.4 is 15.4 Å². The van der Waals surface area contributed by atoms with E-state index in [0.717, 1.165) is 24.3 Å². The van der Waals surface area contributed by atoms with Crippen LogP contribution in [-0.4, -0.2) is 19.6 Å². The number of benzene rings is 2. The molecule has 0 radical (unpaired) electrons. The van der Waals surface area contributed by atoms with Crippen LogP contribution >= 0.6 is 0 Å². The summed E-state index contributed by atoms with van der Waals surface area (Å²) in [5.74, 6) is 0.391. The molecule has 0 aliphatic rings. The quantitative estimate of drug-likeness (QED) is 0.755. The molecule has 0 aliphatic heterocycles. The van der Waals surface area contributed by atoms with Crippen molar-refractivity contribution in [2.45, 2.75) is 19.8 Å². The molecule has 2 aromatic rings. The molecule has 0 spiro atoms. The van der Waals surface area contributed by atoms with E-state index in [2.05, 4.69) is 17.6 Å². The van der Waals surface area contributed by atoms with Crippen LogP contribution in [-0.2, 0) is 0 Å². The monoisotopic (exact) mass is 298 g/mol. The normalized spacial score (nSPS) is 10.1. The number of rotatable bonds is 7. The molecule has 4 nitrogen and oxygen atoms in total. The molecule has 0 aliphatic carbocycles. The van der Waals surface area contributed by atoms with Gasteiger partial charge in [0, 0.05) is 17.9 Å². The lowest BCUT2D eigenvalue weighted by atomic mass is 10.2. The maximum absolute atomic E-state index is 12.3. The van der Waals surface area contributed by atoms with Crippen molar-refractivity contribution >= 4 is 17.3 Å². The van der Waals surface area contributed by atoms with E-state index in [1.807, 2.05) is 36.4 Å². The van der Waals surface area contributed by atoms with Crippen molar-refractivity contribution in [1.82, 2.24) is 0 Å². The van der Waals surface area contributed by atoms with E-state index in [4.69, 9.17) is 4.74 Å². The van der Waals surface area contributed by atoms with Crippen molar-refractivity contribution in [2.24, 2.45) is 0 Å². The van der Waals surface area contributed by atoms with Crippen LogP contribution in [0.5, 0.6) is 5.75 Å². The standard InChI is InChI=1S/C18H22N2O2/c1-3-4-13-19-14-9-11-15(12-10-14)20-18(21)16-7-5-6-8-17(16)22-2/h5-12,19H,3-4,13H2,1-2H3,(H,20,21). The number of para-hydroxylation sites is 1. The smallest absolute Gasteiger partial charge is 0.259 e. The summed E-state index contributed by atoms with van der Waals surface area (Å²) in [6.45, 7) is 3.13. The van der Waals surface area contributed by atoms with Crippen LogP contribution in [0, 0.1) is 0 Å². The second-order valence-corrected chi connectivity index (χ2v) is 5.01. The van der Waals surface area contributed by atoms with E-state index in [9.17, 15) is 4.79 Å². The maximum atomic E-state index is 12.3. The molecule has 0 heterocycles. The first-order chi connectivity index (χ1) is 10.7. The SMILES string of the molecule is CCCCNc1ccc(NC(=O)c2ccccc2OC)cc1. The van der Waals surface area contributed by atoms with Gasteiger partial charge in [-0.05, 0) is 42.8 Å². The second-order valence-electron chi connectivity index (χ2n) is 5.01. The highest BCUT2D eigenvalue weighted by Crippen LogP contribution is 2.20. The average Bonchev–Trinajstić information content (AvgIpc) is 2.56. The summed E-state index contributed by atoms with van der Waals surface area (Å²) < 4.78 is 5.21. The van der Waals surface area contributed by atoms with E-state index < -0.39 is 0 Å². The fraction of sp³-hybridized carbons (Fsp3) is 0.278. The highest BCUT2D eigenvalue weighted by Gasteiger charge is 2.11. The predicted octanol–water partition coefficient (Wildman–Crippen LogP) is 4.16. The van der Waals surface area contributed by atoms with Crippen molar-refractivity contribution in [3.63, 3.8) is 0 Å². The molecule has 0 unspecified atom stereocenters. The largest absolute Gasteiger partial charge is 0.496 e. The van der Waals surface area contributed by atoms with Gasteiger partial charge in [-0.1, -0.05) is 25.5 Å². The second kappa shape index (κ2) is 8.08. The maximum Gasteiger partial charge on any atom is 0.259 e. The molecule has 0 fully saturated rings. The summed E-state index contributed by atoms with van der Waals surface area (Å²) in [6, 6.07) is 14.9. The summed E-state index contributed by atoms with van der Waals surface area (Å²) in [7, 11) is 1.56. The first kappa shape index (κ1) is 15.9. The number of nitrogens with one attached hydrogen (secondary N) is 2. The molecule has 2 aromatic carbocycles. The minimum absolute atomic E-state index is 0.177. The molecule has 116 valence electrons. The Morgan fingerprint density at radius 1 is 1.05 bits per heavy atom. The van der Waals surface area contributed by atoms with Crippen molar-refractivity contribution in [2.75, 3.05) is 24.3 Å². The fourth-order valence-corrected chi connectivity index (χ4v) is 2.11. The van der Waals surface area contributed by atoms with Gasteiger partial charge in [-0.25, -0.2) is 0 Å². The van der Waals surface area contributed by atoms with Gasteiger partial charge in [0.15, 0.2) is 0 Å². The Morgan fingerprint density at radius 2 is 1.73 bits per heavy atom.